The van der Waals surface area contributed by atoms with Crippen molar-refractivity contribution in [1.29, 1.82) is 5.26 Å². The van der Waals surface area contributed by atoms with Crippen LogP contribution in [0.4, 0.5) is 0 Å². The highest BCUT2D eigenvalue weighted by molar-refractivity contribution is 5.45. The van der Waals surface area contributed by atoms with Crippen molar-refractivity contribution in [3.05, 3.63) is 29.3 Å². The van der Waals surface area contributed by atoms with Crippen LogP contribution in [0.2, 0.25) is 0 Å². The number of aryl methyl sites for hydroxylation is 1. The lowest BCUT2D eigenvalue weighted by Gasteiger charge is -2.39. The molecule has 0 aromatic heterocycles. The van der Waals surface area contributed by atoms with E-state index in [9.17, 15) is 5.26 Å². The van der Waals surface area contributed by atoms with E-state index in [0.29, 0.717) is 11.0 Å². The molecule has 3 unspecified atom stereocenters. The first-order valence-corrected chi connectivity index (χ1v) is 7.56. The summed E-state index contributed by atoms with van der Waals surface area (Å²) in [5.41, 5.74) is 2.34. The molecule has 2 aliphatic carbocycles. The largest absolute Gasteiger partial charge is 0.488 e. The van der Waals surface area contributed by atoms with Gasteiger partial charge in [0.15, 0.2) is 0 Å². The fraction of sp³-hybridized carbons (Fsp3) is 0.611. The molecule has 2 fully saturated rings. The number of nitriles is 1. The smallest absolute Gasteiger partial charge is 0.137 e. The molecule has 1 aromatic carbocycles. The van der Waals surface area contributed by atoms with Crippen molar-refractivity contribution in [3.8, 4) is 11.8 Å². The van der Waals surface area contributed by atoms with Crippen molar-refractivity contribution >= 4 is 0 Å². The Morgan fingerprint density at radius 2 is 2.05 bits per heavy atom. The van der Waals surface area contributed by atoms with Gasteiger partial charge in [0.2, 0.25) is 0 Å². The van der Waals surface area contributed by atoms with Gasteiger partial charge in [-0.05, 0) is 55.2 Å². The predicted molar refractivity (Wildman–Crippen MR) is 79.5 cm³/mol. The molecule has 106 valence electrons. The molecular weight excluding hydrogens is 246 g/mol. The minimum absolute atomic E-state index is 0.231. The van der Waals surface area contributed by atoms with Crippen LogP contribution in [-0.2, 0) is 0 Å². The van der Waals surface area contributed by atoms with Crippen LogP contribution in [0.15, 0.2) is 18.2 Å². The Balaban J connectivity index is 1.89. The summed E-state index contributed by atoms with van der Waals surface area (Å²) in [5.74, 6) is 1.51. The Labute approximate surface area is 121 Å². The predicted octanol–water partition coefficient (Wildman–Crippen LogP) is 4.46. The fourth-order valence-corrected chi connectivity index (χ4v) is 4.30. The SMILES string of the molecule is Cc1ccc(OC2CC3CCC2(C)C3(C)C)c(C#N)c1. The van der Waals surface area contributed by atoms with Crippen molar-refractivity contribution in [1.82, 2.24) is 0 Å². The lowest BCUT2D eigenvalue weighted by molar-refractivity contribution is 0.0300. The number of rotatable bonds is 2. The summed E-state index contributed by atoms with van der Waals surface area (Å²) in [6.07, 6.45) is 3.93. The summed E-state index contributed by atoms with van der Waals surface area (Å²) >= 11 is 0. The first-order chi connectivity index (χ1) is 9.38. The quantitative estimate of drug-likeness (QED) is 0.794. The van der Waals surface area contributed by atoms with Crippen LogP contribution < -0.4 is 4.74 Å². The summed E-state index contributed by atoms with van der Waals surface area (Å²) in [6, 6.07) is 8.15. The van der Waals surface area contributed by atoms with Gasteiger partial charge in [-0.2, -0.15) is 5.26 Å². The molecule has 0 N–H and O–H groups in total. The van der Waals surface area contributed by atoms with Crippen LogP contribution in [0.3, 0.4) is 0 Å². The second kappa shape index (κ2) is 4.25. The first-order valence-electron chi connectivity index (χ1n) is 7.56. The van der Waals surface area contributed by atoms with Gasteiger partial charge in [-0.25, -0.2) is 0 Å². The normalized spacial score (nSPS) is 34.0. The van der Waals surface area contributed by atoms with Gasteiger partial charge in [-0.1, -0.05) is 26.8 Å². The number of fused-ring (bicyclic) bond motifs is 2. The Kier molecular flexibility index (Phi) is 2.87. The zero-order valence-electron chi connectivity index (χ0n) is 12.9. The topological polar surface area (TPSA) is 33.0 Å². The number of hydrogen-bond acceptors (Lipinski definition) is 2. The van der Waals surface area contributed by atoms with Gasteiger partial charge in [0.25, 0.3) is 0 Å². The number of nitrogens with zero attached hydrogens (tertiary/aromatic N) is 1. The average molecular weight is 269 g/mol. The Hall–Kier alpha value is -1.49. The third kappa shape index (κ3) is 1.69. The van der Waals surface area contributed by atoms with Gasteiger partial charge in [0.05, 0.1) is 5.56 Å². The Morgan fingerprint density at radius 1 is 1.30 bits per heavy atom. The van der Waals surface area contributed by atoms with E-state index < -0.39 is 0 Å². The van der Waals surface area contributed by atoms with E-state index in [1.165, 1.54) is 12.8 Å². The second-order valence-corrected chi connectivity index (χ2v) is 7.33. The highest BCUT2D eigenvalue weighted by Gasteiger charge is 2.62. The first kappa shape index (κ1) is 13.5. The molecule has 2 nitrogen and oxygen atoms in total. The van der Waals surface area contributed by atoms with Crippen LogP contribution in [0.1, 0.15) is 51.2 Å². The molecule has 2 saturated carbocycles. The second-order valence-electron chi connectivity index (χ2n) is 7.33. The molecule has 3 atom stereocenters. The molecule has 0 spiro atoms. The lowest BCUT2D eigenvalue weighted by atomic mass is 9.70. The van der Waals surface area contributed by atoms with E-state index in [1.54, 1.807) is 0 Å². The maximum Gasteiger partial charge on any atom is 0.137 e. The molecule has 2 aliphatic rings. The number of hydrogen-bond donors (Lipinski definition) is 0. The van der Waals surface area contributed by atoms with E-state index >= 15 is 0 Å². The van der Waals surface area contributed by atoms with E-state index in [0.717, 1.165) is 23.7 Å². The zero-order chi connectivity index (χ0) is 14.5. The average Bonchev–Trinajstić information content (AvgIpc) is 2.74. The number of benzene rings is 1. The monoisotopic (exact) mass is 269 g/mol. The van der Waals surface area contributed by atoms with E-state index in [4.69, 9.17) is 4.74 Å². The summed E-state index contributed by atoms with van der Waals surface area (Å²) in [6.45, 7) is 9.14. The third-order valence-corrected chi connectivity index (χ3v) is 6.24. The van der Waals surface area contributed by atoms with Gasteiger partial charge in [-0.15, -0.1) is 0 Å². The highest BCUT2D eigenvalue weighted by atomic mass is 16.5. The maximum absolute atomic E-state index is 9.29. The molecule has 2 heteroatoms. The van der Waals surface area contributed by atoms with Crippen molar-refractivity contribution in [2.45, 2.75) is 53.1 Å². The van der Waals surface area contributed by atoms with Gasteiger partial charge in [0, 0.05) is 5.41 Å². The minimum atomic E-state index is 0.231. The summed E-state index contributed by atoms with van der Waals surface area (Å²) in [4.78, 5) is 0. The van der Waals surface area contributed by atoms with Crippen LogP contribution >= 0.6 is 0 Å². The van der Waals surface area contributed by atoms with Crippen molar-refractivity contribution in [3.63, 3.8) is 0 Å². The summed E-state index contributed by atoms with van der Waals surface area (Å²) in [7, 11) is 0. The molecule has 0 radical (unpaired) electrons. The molecule has 3 rings (SSSR count). The molecule has 0 aliphatic heterocycles. The molecular formula is C18H23NO. The van der Waals surface area contributed by atoms with E-state index in [-0.39, 0.29) is 11.5 Å². The van der Waals surface area contributed by atoms with E-state index in [2.05, 4.69) is 26.8 Å². The van der Waals surface area contributed by atoms with Gasteiger partial charge < -0.3 is 4.74 Å². The summed E-state index contributed by atoms with van der Waals surface area (Å²) in [5, 5.41) is 9.29. The zero-order valence-corrected chi connectivity index (χ0v) is 12.9. The molecule has 0 heterocycles. The molecule has 0 saturated heterocycles. The van der Waals surface area contributed by atoms with Crippen LogP contribution in [0.5, 0.6) is 5.75 Å². The van der Waals surface area contributed by atoms with Gasteiger partial charge >= 0.3 is 0 Å². The molecule has 1 aromatic rings. The van der Waals surface area contributed by atoms with Gasteiger partial charge in [-0.3, -0.25) is 0 Å². The Morgan fingerprint density at radius 3 is 2.60 bits per heavy atom. The van der Waals surface area contributed by atoms with Crippen molar-refractivity contribution in [2.24, 2.45) is 16.7 Å². The number of ether oxygens (including phenoxy) is 1. The fourth-order valence-electron chi connectivity index (χ4n) is 4.30. The molecule has 20 heavy (non-hydrogen) atoms. The van der Waals surface area contributed by atoms with Crippen molar-refractivity contribution < 1.29 is 4.74 Å². The van der Waals surface area contributed by atoms with Crippen LogP contribution in [0.25, 0.3) is 0 Å². The highest BCUT2D eigenvalue weighted by Crippen LogP contribution is 2.66. The molecule has 0 amide bonds. The van der Waals surface area contributed by atoms with E-state index in [1.807, 2.05) is 25.1 Å². The minimum Gasteiger partial charge on any atom is -0.488 e. The van der Waals surface area contributed by atoms with Gasteiger partial charge in [0.1, 0.15) is 17.9 Å². The van der Waals surface area contributed by atoms with Crippen LogP contribution in [-0.4, -0.2) is 6.10 Å². The van der Waals surface area contributed by atoms with Crippen LogP contribution in [0, 0.1) is 35.0 Å². The van der Waals surface area contributed by atoms with Crippen molar-refractivity contribution in [2.75, 3.05) is 0 Å². The summed E-state index contributed by atoms with van der Waals surface area (Å²) < 4.78 is 6.30. The lowest BCUT2D eigenvalue weighted by Crippen LogP contribution is -2.39. The molecule has 2 bridgehead atoms. The maximum atomic E-state index is 9.29. The standard InChI is InChI=1S/C18H23NO/c1-12-5-6-15(13(9-12)11-19)20-16-10-14-7-8-18(16,4)17(14,2)3/h5-6,9,14,16H,7-8,10H2,1-4H3. The Bertz CT molecular complexity index is 584. The third-order valence-electron chi connectivity index (χ3n) is 6.24.